The Bertz CT molecular complexity index is 3970. The number of alkyl carbamates (subject to hydrolysis) is 1. The molecular formula is C69H80N14O19. The Labute approximate surface area is 584 Å². The highest BCUT2D eigenvalue weighted by atomic mass is 16.6. The van der Waals surface area contributed by atoms with Crippen LogP contribution in [-0.4, -0.2) is 245 Å². The summed E-state index contributed by atoms with van der Waals surface area (Å²) in [6.45, 7) is -2.61. The minimum atomic E-state index is -1.93. The zero-order valence-electron chi connectivity index (χ0n) is 55.9. The molecule has 11 rings (SSSR count). The van der Waals surface area contributed by atoms with Gasteiger partial charge in [0.2, 0.25) is 64.7 Å². The number of likely N-dealkylation sites (tertiary alicyclic amines) is 4. The first-order chi connectivity index (χ1) is 49.0. The van der Waals surface area contributed by atoms with Gasteiger partial charge in [0.1, 0.15) is 55.9 Å². The molecule has 4 aromatic carbocycles. The summed E-state index contributed by atoms with van der Waals surface area (Å²) in [6, 6.07) is 18.2. The Hall–Kier alpha value is -11.5. The molecular weight excluding hydrogens is 1330 g/mol. The van der Waals surface area contributed by atoms with Crippen LogP contribution in [0.3, 0.4) is 0 Å². The first kappa shape index (κ1) is 73.2. The van der Waals surface area contributed by atoms with Crippen LogP contribution in [0.25, 0.3) is 0 Å². The summed E-state index contributed by atoms with van der Waals surface area (Å²) in [5.41, 5.74) is -1.05. The second-order valence-corrected chi connectivity index (χ2v) is 25.3. The Kier molecular flexibility index (Phi) is 23.8. The molecule has 0 spiro atoms. The number of anilines is 2. The van der Waals surface area contributed by atoms with Crippen LogP contribution in [-0.2, 0) is 75.4 Å². The Morgan fingerprint density at radius 1 is 0.480 bits per heavy atom. The van der Waals surface area contributed by atoms with Crippen molar-refractivity contribution in [3.05, 3.63) is 118 Å². The third-order valence-electron chi connectivity index (χ3n) is 18.7. The van der Waals surface area contributed by atoms with Crippen molar-refractivity contribution in [3.63, 3.8) is 0 Å². The second-order valence-electron chi connectivity index (χ2n) is 25.3. The van der Waals surface area contributed by atoms with Gasteiger partial charge in [-0.25, -0.2) is 14.5 Å². The van der Waals surface area contributed by atoms with Crippen LogP contribution in [0.15, 0.2) is 84.9 Å². The highest BCUT2D eigenvalue weighted by molar-refractivity contribution is 6.33. The summed E-state index contributed by atoms with van der Waals surface area (Å²) in [5, 5.41) is 45.3. The van der Waals surface area contributed by atoms with Crippen molar-refractivity contribution in [1.29, 1.82) is 0 Å². The number of rotatable bonds is 21. The molecule has 33 heteroatoms. The van der Waals surface area contributed by atoms with Crippen LogP contribution in [0, 0.1) is 0 Å². The Morgan fingerprint density at radius 2 is 0.902 bits per heavy atom. The van der Waals surface area contributed by atoms with Gasteiger partial charge in [-0.1, -0.05) is 60.7 Å². The normalized spacial score (nSPS) is 20.1. The van der Waals surface area contributed by atoms with Crippen molar-refractivity contribution in [2.75, 3.05) is 102 Å². The lowest BCUT2D eigenvalue weighted by Crippen LogP contribution is -2.65. The molecule has 12 amide bonds. The minimum absolute atomic E-state index is 0.00145. The van der Waals surface area contributed by atoms with Gasteiger partial charge < -0.3 is 81.8 Å². The monoisotopic (exact) mass is 1410 g/mol. The van der Waals surface area contributed by atoms with Gasteiger partial charge >= 0.3 is 12.2 Å². The lowest BCUT2D eigenvalue weighted by Gasteiger charge is -2.34. The average molecular weight is 1410 g/mol. The van der Waals surface area contributed by atoms with Crippen LogP contribution in [0.2, 0.25) is 0 Å². The summed E-state index contributed by atoms with van der Waals surface area (Å²) in [4.78, 5) is 211. The molecule has 4 fully saturated rings. The average Bonchev–Trinajstić information content (AvgIpc) is 1.28. The topological polar surface area (TPSA) is 439 Å². The number of benzene rings is 4. The van der Waals surface area contributed by atoms with Gasteiger partial charge in [-0.3, -0.25) is 67.6 Å². The lowest BCUT2D eigenvalue weighted by molar-refractivity contribution is -0.147. The number of ether oxygens (including phenoxy) is 2. The van der Waals surface area contributed by atoms with E-state index in [9.17, 15) is 82.1 Å². The molecule has 5 atom stereocenters. The number of amides is 12. The summed E-state index contributed by atoms with van der Waals surface area (Å²) in [6.07, 6.45) is 0.0135. The van der Waals surface area contributed by atoms with Crippen LogP contribution in [0.1, 0.15) is 101 Å². The molecule has 4 aromatic rings. The van der Waals surface area contributed by atoms with Crippen LogP contribution in [0.4, 0.5) is 21.0 Å². The zero-order chi connectivity index (χ0) is 72.8. The zero-order valence-corrected chi connectivity index (χ0v) is 55.9. The van der Waals surface area contributed by atoms with Crippen molar-refractivity contribution in [2.24, 2.45) is 0 Å². The quantitative estimate of drug-likeness (QED) is 0.0245. The molecule has 0 aromatic heterocycles. The van der Waals surface area contributed by atoms with E-state index in [2.05, 4.69) is 47.9 Å². The standard InChI is InChI=1S/C69H80N14O19/c1-69(66(98)72-25-24-70-42-20-21-43(71-26-27-78-69)57-56(42)60(92)58-48(84)22-23-49(85)59(58)61(57)93)62(94)44-16-8-28-79(44)52(88)34-73-50(86)33-76-64(96)46-18-10-30-81(46)55(91)37-83(68(100)102-39-41-14-6-3-7-15-41)65(97)47-19-11-31-82(47)53(89)35-74-51(87)32-75-63(95)45-17-9-29-80(45)54(90)36-77-67(99)101-38-40-12-4-2-5-13-40/h2-7,12-15,20-23,44-47,70-71,78,84-85H,8-11,16-19,24-39H2,1H3,(H,72,98)(H,73,86)(H,74,87)(H,75,95)(H,76,96)(H,77,99)/t44-,45-,46-,47-,69+/m0/s1. The molecule has 540 valence electrons. The number of fused-ring (bicyclic) bond motifs is 11. The fraction of sp³-hybridized carbons (Fsp3) is 0.435. The van der Waals surface area contributed by atoms with E-state index in [0.717, 1.165) is 27.5 Å². The second kappa shape index (κ2) is 33.1. The fourth-order valence-electron chi connectivity index (χ4n) is 13.4. The third-order valence-corrected chi connectivity index (χ3v) is 18.7. The molecule has 4 saturated heterocycles. The van der Waals surface area contributed by atoms with Gasteiger partial charge in [0, 0.05) is 63.7 Å². The van der Waals surface area contributed by atoms with Gasteiger partial charge in [-0.15, -0.1) is 0 Å². The minimum Gasteiger partial charge on any atom is -0.507 e. The number of phenolic OH excluding ortho intramolecular Hbond substituents is 2. The van der Waals surface area contributed by atoms with Gasteiger partial charge in [0.05, 0.1) is 54.5 Å². The number of nitrogens with zero attached hydrogens (tertiary/aromatic N) is 5. The van der Waals surface area contributed by atoms with E-state index in [1.54, 1.807) is 66.7 Å². The number of nitrogens with one attached hydrogen (secondary N) is 9. The van der Waals surface area contributed by atoms with E-state index in [1.165, 1.54) is 16.7 Å². The molecule has 0 unspecified atom stereocenters. The molecule has 6 heterocycles. The maximum Gasteiger partial charge on any atom is 0.417 e. The molecule has 7 aliphatic rings. The van der Waals surface area contributed by atoms with E-state index in [-0.39, 0.29) is 131 Å². The lowest BCUT2D eigenvalue weighted by atomic mass is 9.81. The predicted octanol–water partition coefficient (Wildman–Crippen LogP) is -0.735. The van der Waals surface area contributed by atoms with Crippen molar-refractivity contribution in [1.82, 2.24) is 61.7 Å². The van der Waals surface area contributed by atoms with E-state index >= 15 is 0 Å². The summed E-state index contributed by atoms with van der Waals surface area (Å²) < 4.78 is 10.7. The summed E-state index contributed by atoms with van der Waals surface area (Å²) >= 11 is 0. The number of hydrogen-bond donors (Lipinski definition) is 11. The van der Waals surface area contributed by atoms with E-state index in [0.29, 0.717) is 29.7 Å². The summed E-state index contributed by atoms with van der Waals surface area (Å²) in [7, 11) is 0. The van der Waals surface area contributed by atoms with Gasteiger partial charge in [0.15, 0.2) is 11.3 Å². The Morgan fingerprint density at radius 3 is 1.41 bits per heavy atom. The van der Waals surface area contributed by atoms with Crippen LogP contribution >= 0.6 is 0 Å². The fourth-order valence-corrected chi connectivity index (χ4v) is 13.4. The highest BCUT2D eigenvalue weighted by Gasteiger charge is 2.49. The number of Topliss-reactive ketones (excluding diaryl/α,β-unsaturated/α-hetero) is 1. The third kappa shape index (κ3) is 16.9. The first-order valence-corrected chi connectivity index (χ1v) is 33.6. The predicted molar refractivity (Wildman–Crippen MR) is 358 cm³/mol. The smallest absolute Gasteiger partial charge is 0.417 e. The number of phenols is 2. The highest BCUT2D eigenvalue weighted by Crippen LogP contribution is 2.42. The van der Waals surface area contributed by atoms with Crippen molar-refractivity contribution in [2.45, 2.75) is 101 Å². The molecule has 0 radical (unpaired) electrons. The molecule has 11 N–H and O–H groups in total. The van der Waals surface area contributed by atoms with Crippen molar-refractivity contribution < 1.29 is 91.6 Å². The SMILES string of the molecule is C[C@]1(C(=O)[C@@H]2CCCN2C(=O)CNC(=O)CNC(=O)[C@@H]2CCCN2C(=O)CN(C(=O)OCc2ccccc2)C(=O)[C@@H]2CCCN2C(=O)CNC(=O)CNC(=O)[C@@H]2CCCN2C(=O)CNC(=O)OCc2ccccc2)NCCNc2ccc(c3c2C(=O)c2c(O)ccc(O)c2C3=O)NCCNC1=O. The molecule has 6 aliphatic heterocycles. The Balaban J connectivity index is 0.692. The van der Waals surface area contributed by atoms with Crippen molar-refractivity contribution >= 4 is 100.0 Å². The summed E-state index contributed by atoms with van der Waals surface area (Å²) in [5.74, 6) is -10.6. The number of ketones is 3. The van der Waals surface area contributed by atoms with E-state index in [4.69, 9.17) is 9.47 Å². The number of aromatic hydroxyl groups is 2. The molecule has 1 aliphatic carbocycles. The van der Waals surface area contributed by atoms with Gasteiger partial charge in [-0.05, 0) is 93.7 Å². The van der Waals surface area contributed by atoms with Crippen LogP contribution in [0.5, 0.6) is 11.5 Å². The number of carbonyl (C=O) groups is 15. The van der Waals surface area contributed by atoms with E-state index in [1.807, 2.05) is 6.07 Å². The molecule has 2 bridgehead atoms. The number of hydrogen-bond acceptors (Lipinski definition) is 22. The first-order valence-electron chi connectivity index (χ1n) is 33.6. The van der Waals surface area contributed by atoms with Crippen molar-refractivity contribution in [3.8, 4) is 11.5 Å². The van der Waals surface area contributed by atoms with Crippen LogP contribution < -0.4 is 47.9 Å². The number of imide groups is 1. The number of carbonyl (C=O) groups excluding carboxylic acids is 15. The molecule has 0 saturated carbocycles. The van der Waals surface area contributed by atoms with Gasteiger partial charge in [0.25, 0.3) is 5.91 Å². The van der Waals surface area contributed by atoms with Gasteiger partial charge in [-0.2, -0.15) is 0 Å². The maximum absolute atomic E-state index is 14.6. The molecule has 33 nitrogen and oxygen atoms in total. The van der Waals surface area contributed by atoms with E-state index < -0.39 is 169 Å². The largest absolute Gasteiger partial charge is 0.507 e. The molecule has 102 heavy (non-hydrogen) atoms. The maximum atomic E-state index is 14.6.